The molecule has 6 heteroatoms. The summed E-state index contributed by atoms with van der Waals surface area (Å²) >= 11 is 1.76. The van der Waals surface area contributed by atoms with Gasteiger partial charge in [-0.1, -0.05) is 55.8 Å². The lowest BCUT2D eigenvalue weighted by Crippen LogP contribution is -2.34. The second-order valence-electron chi connectivity index (χ2n) is 8.57. The summed E-state index contributed by atoms with van der Waals surface area (Å²) < 4.78 is 4.65. The van der Waals surface area contributed by atoms with Crippen LogP contribution in [0.2, 0.25) is 0 Å². The number of carbonyl (C=O) groups is 2. The van der Waals surface area contributed by atoms with Gasteiger partial charge in [-0.2, -0.15) is 11.8 Å². The largest absolute Gasteiger partial charge is 0.469 e. The first-order valence-corrected chi connectivity index (χ1v) is 13.0. The van der Waals surface area contributed by atoms with Crippen molar-refractivity contribution >= 4 is 23.6 Å². The molecule has 32 heavy (non-hydrogen) atoms. The van der Waals surface area contributed by atoms with Gasteiger partial charge in [0.05, 0.1) is 19.3 Å². The van der Waals surface area contributed by atoms with Crippen LogP contribution in [0.4, 0.5) is 0 Å². The standard InChI is InChI=1S/C26H39NO4S/c1-21(9-6-7-12-22-10-4-3-5-11-22)24(28)16-14-23-15-17-25(29)27(23)18-20-32-19-8-13-26(30)31-2/h3-5,10-11,14,16,21,23-24,28H,6-9,12-13,15,17-20H2,1-2H3/b16-14+/t21-,23-,24+/m0/s1. The molecule has 0 saturated carbocycles. The topological polar surface area (TPSA) is 66.8 Å². The molecule has 178 valence electrons. The predicted octanol–water partition coefficient (Wildman–Crippen LogP) is 4.63. The van der Waals surface area contributed by atoms with Gasteiger partial charge in [0, 0.05) is 25.1 Å². The average Bonchev–Trinajstić information content (AvgIpc) is 3.16. The number of nitrogens with zero attached hydrogens (tertiary/aromatic N) is 1. The first kappa shape index (κ1) is 26.5. The number of aliphatic hydroxyl groups is 1. The Morgan fingerprint density at radius 3 is 2.78 bits per heavy atom. The van der Waals surface area contributed by atoms with Crippen molar-refractivity contribution in [2.24, 2.45) is 5.92 Å². The lowest BCUT2D eigenvalue weighted by Gasteiger charge is -2.23. The van der Waals surface area contributed by atoms with E-state index in [1.54, 1.807) is 11.8 Å². The van der Waals surface area contributed by atoms with Crippen LogP contribution in [0.25, 0.3) is 0 Å². The zero-order valence-corrected chi connectivity index (χ0v) is 20.4. The third-order valence-electron chi connectivity index (χ3n) is 6.08. The van der Waals surface area contributed by atoms with E-state index in [0.717, 1.165) is 50.0 Å². The van der Waals surface area contributed by atoms with E-state index in [1.807, 2.05) is 23.1 Å². The van der Waals surface area contributed by atoms with Crippen LogP contribution in [0.1, 0.15) is 57.4 Å². The number of aliphatic hydroxyl groups excluding tert-OH is 1. The number of carbonyl (C=O) groups excluding carboxylic acids is 2. The predicted molar refractivity (Wildman–Crippen MR) is 132 cm³/mol. The van der Waals surface area contributed by atoms with E-state index in [4.69, 9.17) is 0 Å². The molecule has 5 nitrogen and oxygen atoms in total. The highest BCUT2D eigenvalue weighted by Gasteiger charge is 2.28. The van der Waals surface area contributed by atoms with Crippen molar-refractivity contribution in [1.29, 1.82) is 0 Å². The second-order valence-corrected chi connectivity index (χ2v) is 9.79. The van der Waals surface area contributed by atoms with Gasteiger partial charge < -0.3 is 14.7 Å². The van der Waals surface area contributed by atoms with E-state index < -0.39 is 6.10 Å². The van der Waals surface area contributed by atoms with Crippen LogP contribution in [-0.2, 0) is 20.7 Å². The Hall–Kier alpha value is -1.79. The molecule has 0 aliphatic carbocycles. The summed E-state index contributed by atoms with van der Waals surface area (Å²) in [5.74, 6) is 1.97. The molecule has 1 aliphatic rings. The number of likely N-dealkylation sites (tertiary alicyclic amines) is 1. The van der Waals surface area contributed by atoms with Gasteiger partial charge in [-0.15, -0.1) is 0 Å². The molecule has 0 aromatic heterocycles. The summed E-state index contributed by atoms with van der Waals surface area (Å²) in [4.78, 5) is 25.3. The van der Waals surface area contributed by atoms with Crippen molar-refractivity contribution in [2.75, 3.05) is 25.2 Å². The Balaban J connectivity index is 1.65. The third kappa shape index (κ3) is 9.78. The number of rotatable bonds is 15. The Bertz CT molecular complexity index is 709. The molecule has 1 amide bonds. The molecule has 3 atom stereocenters. The van der Waals surface area contributed by atoms with E-state index in [-0.39, 0.29) is 23.8 Å². The Kier molecular flexibility index (Phi) is 12.5. The Labute approximate surface area is 197 Å². The normalized spacial score (nSPS) is 18.3. The number of methoxy groups -OCH3 is 1. The number of unbranched alkanes of at least 4 members (excludes halogenated alkanes) is 1. The summed E-state index contributed by atoms with van der Waals surface area (Å²) in [6, 6.07) is 10.6. The van der Waals surface area contributed by atoms with Crippen molar-refractivity contribution in [3.05, 3.63) is 48.0 Å². The van der Waals surface area contributed by atoms with Gasteiger partial charge in [-0.25, -0.2) is 0 Å². The minimum atomic E-state index is -0.475. The fourth-order valence-corrected chi connectivity index (χ4v) is 4.85. The van der Waals surface area contributed by atoms with E-state index >= 15 is 0 Å². The van der Waals surface area contributed by atoms with E-state index in [9.17, 15) is 14.7 Å². The summed E-state index contributed by atoms with van der Waals surface area (Å²) in [5, 5.41) is 10.6. The molecule has 1 aliphatic heterocycles. The van der Waals surface area contributed by atoms with Crippen LogP contribution < -0.4 is 0 Å². The molecule has 0 bridgehead atoms. The number of hydrogen-bond donors (Lipinski definition) is 1. The van der Waals surface area contributed by atoms with Crippen LogP contribution in [0.3, 0.4) is 0 Å². The van der Waals surface area contributed by atoms with Gasteiger partial charge in [0.15, 0.2) is 0 Å². The number of esters is 1. The zero-order valence-electron chi connectivity index (χ0n) is 19.6. The molecule has 0 radical (unpaired) electrons. The van der Waals surface area contributed by atoms with E-state index in [2.05, 4.69) is 35.9 Å². The monoisotopic (exact) mass is 461 g/mol. The highest BCUT2D eigenvalue weighted by Crippen LogP contribution is 2.22. The summed E-state index contributed by atoms with van der Waals surface area (Å²) in [5.41, 5.74) is 1.37. The number of ether oxygens (including phenoxy) is 1. The molecule has 0 unspecified atom stereocenters. The molecular weight excluding hydrogens is 422 g/mol. The average molecular weight is 462 g/mol. The lowest BCUT2D eigenvalue weighted by atomic mass is 9.95. The minimum absolute atomic E-state index is 0.0816. The van der Waals surface area contributed by atoms with Crippen LogP contribution >= 0.6 is 11.8 Å². The van der Waals surface area contributed by atoms with Gasteiger partial charge >= 0.3 is 5.97 Å². The van der Waals surface area contributed by atoms with Gasteiger partial charge in [0.25, 0.3) is 0 Å². The van der Waals surface area contributed by atoms with Crippen molar-refractivity contribution in [1.82, 2.24) is 4.90 Å². The maximum absolute atomic E-state index is 12.3. The quantitative estimate of drug-likeness (QED) is 0.234. The molecule has 1 saturated heterocycles. The molecule has 1 N–H and O–H groups in total. The maximum Gasteiger partial charge on any atom is 0.305 e. The van der Waals surface area contributed by atoms with Crippen LogP contribution in [0, 0.1) is 5.92 Å². The van der Waals surface area contributed by atoms with E-state index in [1.165, 1.54) is 12.7 Å². The first-order chi connectivity index (χ1) is 15.5. The van der Waals surface area contributed by atoms with Gasteiger partial charge in [-0.3, -0.25) is 9.59 Å². The number of thioether (sulfide) groups is 1. The van der Waals surface area contributed by atoms with Crippen LogP contribution in [0.5, 0.6) is 0 Å². The highest BCUT2D eigenvalue weighted by atomic mass is 32.2. The second kappa shape index (κ2) is 15.1. The molecule has 1 fully saturated rings. The molecule has 1 aromatic rings. The SMILES string of the molecule is COC(=O)CCCSCCN1C(=O)CC[C@@H]1/C=C/[C@@H](O)[C@@H](C)CCCCc1ccccc1. The Morgan fingerprint density at radius 2 is 2.03 bits per heavy atom. The number of amides is 1. The van der Waals surface area contributed by atoms with Gasteiger partial charge in [-0.05, 0) is 49.3 Å². The maximum atomic E-state index is 12.3. The Morgan fingerprint density at radius 1 is 1.25 bits per heavy atom. The lowest BCUT2D eigenvalue weighted by molar-refractivity contribution is -0.140. The highest BCUT2D eigenvalue weighted by molar-refractivity contribution is 7.99. The summed E-state index contributed by atoms with van der Waals surface area (Å²) in [6.07, 6.45) is 10.4. The molecule has 0 spiro atoms. The fourth-order valence-electron chi connectivity index (χ4n) is 3.97. The van der Waals surface area contributed by atoms with E-state index in [0.29, 0.717) is 19.4 Å². The number of hydrogen-bond acceptors (Lipinski definition) is 5. The van der Waals surface area contributed by atoms with Gasteiger partial charge in [0.2, 0.25) is 5.91 Å². The van der Waals surface area contributed by atoms with Crippen LogP contribution in [-0.4, -0.2) is 59.2 Å². The number of aryl methyl sites for hydroxylation is 1. The van der Waals surface area contributed by atoms with Gasteiger partial charge in [0.1, 0.15) is 0 Å². The molecular formula is C26H39NO4S. The van der Waals surface area contributed by atoms with Crippen molar-refractivity contribution < 1.29 is 19.4 Å². The first-order valence-electron chi connectivity index (χ1n) is 11.9. The molecule has 1 aromatic carbocycles. The fraction of sp³-hybridized carbons (Fsp3) is 0.615. The molecule has 1 heterocycles. The van der Waals surface area contributed by atoms with Crippen molar-refractivity contribution in [3.8, 4) is 0 Å². The molecule has 2 rings (SSSR count). The zero-order chi connectivity index (χ0) is 23.2. The minimum Gasteiger partial charge on any atom is -0.469 e. The summed E-state index contributed by atoms with van der Waals surface area (Å²) in [6.45, 7) is 2.81. The smallest absolute Gasteiger partial charge is 0.305 e. The van der Waals surface area contributed by atoms with Crippen molar-refractivity contribution in [2.45, 2.75) is 70.4 Å². The summed E-state index contributed by atoms with van der Waals surface area (Å²) in [7, 11) is 1.41. The van der Waals surface area contributed by atoms with Crippen molar-refractivity contribution in [3.63, 3.8) is 0 Å². The number of benzene rings is 1. The third-order valence-corrected chi connectivity index (χ3v) is 7.13. The van der Waals surface area contributed by atoms with Crippen LogP contribution in [0.15, 0.2) is 42.5 Å².